The third kappa shape index (κ3) is 4.57. The van der Waals surface area contributed by atoms with Crippen molar-refractivity contribution in [2.75, 3.05) is 20.2 Å². The Morgan fingerprint density at radius 2 is 1.92 bits per heavy atom. The first-order valence-corrected chi connectivity index (χ1v) is 8.56. The van der Waals surface area contributed by atoms with Gasteiger partial charge in [-0.05, 0) is 36.6 Å². The van der Waals surface area contributed by atoms with E-state index in [1.54, 1.807) is 6.07 Å². The number of carbonyl (C=O) groups is 1. The van der Waals surface area contributed by atoms with Gasteiger partial charge in [0.15, 0.2) is 11.6 Å². The number of carbonyl (C=O) groups excluding carboxylic acids is 1. The second kappa shape index (κ2) is 8.12. The molecule has 25 heavy (non-hydrogen) atoms. The second-order valence-corrected chi connectivity index (χ2v) is 6.36. The minimum absolute atomic E-state index is 0.129. The lowest BCUT2D eigenvalue weighted by atomic mass is 10.0. The van der Waals surface area contributed by atoms with E-state index in [-0.39, 0.29) is 17.7 Å². The highest BCUT2D eigenvalue weighted by molar-refractivity contribution is 5.94. The van der Waals surface area contributed by atoms with Crippen LogP contribution in [0.2, 0.25) is 0 Å². The van der Waals surface area contributed by atoms with Gasteiger partial charge in [0.1, 0.15) is 0 Å². The Hall–Kier alpha value is -2.40. The van der Waals surface area contributed by atoms with E-state index in [9.17, 15) is 9.18 Å². The number of likely N-dealkylation sites (tertiary alicyclic amines) is 1. The van der Waals surface area contributed by atoms with Crippen LogP contribution in [0.1, 0.15) is 28.8 Å². The quantitative estimate of drug-likeness (QED) is 0.907. The Labute approximate surface area is 147 Å². The molecule has 132 valence electrons. The summed E-state index contributed by atoms with van der Waals surface area (Å²) < 4.78 is 18.6. The summed E-state index contributed by atoms with van der Waals surface area (Å²) in [6.07, 6.45) is 1.80. The van der Waals surface area contributed by atoms with E-state index in [1.165, 1.54) is 24.8 Å². The fourth-order valence-corrected chi connectivity index (χ4v) is 3.15. The van der Waals surface area contributed by atoms with Crippen molar-refractivity contribution in [2.24, 2.45) is 0 Å². The van der Waals surface area contributed by atoms with Crippen molar-refractivity contribution in [1.82, 2.24) is 10.2 Å². The third-order valence-electron chi connectivity index (χ3n) is 4.59. The number of nitrogens with one attached hydrogen (secondary N) is 1. The highest BCUT2D eigenvalue weighted by atomic mass is 19.1. The van der Waals surface area contributed by atoms with Gasteiger partial charge in [0.2, 0.25) is 0 Å². The molecule has 1 N–H and O–H groups in total. The summed E-state index contributed by atoms with van der Waals surface area (Å²) in [6, 6.07) is 14.8. The fourth-order valence-electron chi connectivity index (χ4n) is 3.15. The number of piperidine rings is 1. The van der Waals surface area contributed by atoms with E-state index in [0.717, 1.165) is 32.5 Å². The molecule has 0 aromatic heterocycles. The molecule has 0 bridgehead atoms. The van der Waals surface area contributed by atoms with Crippen molar-refractivity contribution in [3.63, 3.8) is 0 Å². The number of hydrogen-bond acceptors (Lipinski definition) is 3. The maximum atomic E-state index is 13.7. The Kier molecular flexibility index (Phi) is 5.66. The molecule has 0 radical (unpaired) electrons. The minimum atomic E-state index is -0.521. The topological polar surface area (TPSA) is 41.6 Å². The molecule has 2 aromatic rings. The van der Waals surface area contributed by atoms with Crippen LogP contribution in [-0.2, 0) is 6.54 Å². The van der Waals surface area contributed by atoms with Gasteiger partial charge in [-0.2, -0.15) is 0 Å². The lowest BCUT2D eigenvalue weighted by Crippen LogP contribution is -2.44. The summed E-state index contributed by atoms with van der Waals surface area (Å²) in [5.74, 6) is -0.610. The Morgan fingerprint density at radius 1 is 1.20 bits per heavy atom. The molecule has 3 rings (SSSR count). The molecule has 1 aliphatic rings. The zero-order chi connectivity index (χ0) is 17.6. The van der Waals surface area contributed by atoms with Gasteiger partial charge in [0.05, 0.1) is 7.11 Å². The zero-order valence-electron chi connectivity index (χ0n) is 14.4. The van der Waals surface area contributed by atoms with Gasteiger partial charge in [0, 0.05) is 31.2 Å². The minimum Gasteiger partial charge on any atom is -0.494 e. The highest BCUT2D eigenvalue weighted by Crippen LogP contribution is 2.19. The van der Waals surface area contributed by atoms with Gasteiger partial charge in [-0.25, -0.2) is 4.39 Å². The first-order chi connectivity index (χ1) is 12.2. The SMILES string of the molecule is COc1ccc(C(=O)NC2CCN(Cc3ccccc3)CC2)cc1F. The smallest absolute Gasteiger partial charge is 0.251 e. The van der Waals surface area contributed by atoms with Crippen molar-refractivity contribution in [1.29, 1.82) is 0 Å². The molecule has 0 saturated carbocycles. The standard InChI is InChI=1S/C20H23FN2O2/c1-25-19-8-7-16(13-18(19)21)20(24)22-17-9-11-23(12-10-17)14-15-5-3-2-4-6-15/h2-8,13,17H,9-12,14H2,1H3,(H,22,24). The Bertz CT molecular complexity index is 713. The van der Waals surface area contributed by atoms with Gasteiger partial charge < -0.3 is 10.1 Å². The Morgan fingerprint density at radius 3 is 2.56 bits per heavy atom. The molecular weight excluding hydrogens is 319 g/mol. The number of hydrogen-bond donors (Lipinski definition) is 1. The summed E-state index contributed by atoms with van der Waals surface area (Å²) in [4.78, 5) is 14.7. The van der Waals surface area contributed by atoms with Crippen LogP contribution < -0.4 is 10.1 Å². The van der Waals surface area contributed by atoms with Crippen molar-refractivity contribution in [3.8, 4) is 5.75 Å². The van der Waals surface area contributed by atoms with E-state index in [2.05, 4.69) is 34.5 Å². The molecule has 0 spiro atoms. The van der Waals surface area contributed by atoms with E-state index in [4.69, 9.17) is 4.74 Å². The number of benzene rings is 2. The number of methoxy groups -OCH3 is 1. The molecule has 0 unspecified atom stereocenters. The van der Waals surface area contributed by atoms with E-state index < -0.39 is 5.82 Å². The van der Waals surface area contributed by atoms with Crippen LogP contribution in [0.15, 0.2) is 48.5 Å². The van der Waals surface area contributed by atoms with Crippen LogP contribution in [0.3, 0.4) is 0 Å². The molecule has 2 aromatic carbocycles. The van der Waals surface area contributed by atoms with E-state index >= 15 is 0 Å². The summed E-state index contributed by atoms with van der Waals surface area (Å²) in [7, 11) is 1.40. The van der Waals surface area contributed by atoms with Crippen molar-refractivity contribution >= 4 is 5.91 Å². The molecule has 5 heteroatoms. The van der Waals surface area contributed by atoms with E-state index in [0.29, 0.717) is 5.56 Å². The normalized spacial score (nSPS) is 15.8. The maximum absolute atomic E-state index is 13.7. The predicted octanol–water partition coefficient (Wildman–Crippen LogP) is 3.23. The van der Waals surface area contributed by atoms with Crippen molar-refractivity contribution < 1.29 is 13.9 Å². The third-order valence-corrected chi connectivity index (χ3v) is 4.59. The molecule has 4 nitrogen and oxygen atoms in total. The molecule has 0 aliphatic carbocycles. The van der Waals surface area contributed by atoms with Crippen LogP contribution in [0.4, 0.5) is 4.39 Å². The summed E-state index contributed by atoms with van der Waals surface area (Å²) in [6.45, 7) is 2.82. The number of rotatable bonds is 5. The monoisotopic (exact) mass is 342 g/mol. The molecule has 1 fully saturated rings. The average Bonchev–Trinajstić information content (AvgIpc) is 2.64. The zero-order valence-corrected chi connectivity index (χ0v) is 14.4. The van der Waals surface area contributed by atoms with Crippen molar-refractivity contribution in [2.45, 2.75) is 25.4 Å². The molecule has 1 saturated heterocycles. The molecule has 1 amide bonds. The highest BCUT2D eigenvalue weighted by Gasteiger charge is 2.21. The van der Waals surface area contributed by atoms with Gasteiger partial charge in [-0.3, -0.25) is 9.69 Å². The van der Waals surface area contributed by atoms with Gasteiger partial charge in [-0.15, -0.1) is 0 Å². The first kappa shape index (κ1) is 17.4. The first-order valence-electron chi connectivity index (χ1n) is 8.56. The number of nitrogens with zero attached hydrogens (tertiary/aromatic N) is 1. The summed E-state index contributed by atoms with van der Waals surface area (Å²) in [5.41, 5.74) is 1.63. The fraction of sp³-hybridized carbons (Fsp3) is 0.350. The largest absolute Gasteiger partial charge is 0.494 e. The lowest BCUT2D eigenvalue weighted by molar-refractivity contribution is 0.0908. The van der Waals surface area contributed by atoms with Gasteiger partial charge in [0.25, 0.3) is 5.91 Å². The lowest BCUT2D eigenvalue weighted by Gasteiger charge is -2.32. The number of amides is 1. The van der Waals surface area contributed by atoms with Crippen LogP contribution in [-0.4, -0.2) is 37.0 Å². The van der Waals surface area contributed by atoms with Crippen LogP contribution in [0, 0.1) is 5.82 Å². The van der Waals surface area contributed by atoms with Crippen LogP contribution in [0.25, 0.3) is 0 Å². The van der Waals surface area contributed by atoms with Crippen LogP contribution in [0.5, 0.6) is 5.75 Å². The van der Waals surface area contributed by atoms with Gasteiger partial charge in [-0.1, -0.05) is 30.3 Å². The van der Waals surface area contributed by atoms with Gasteiger partial charge >= 0.3 is 0 Å². The molecule has 1 aliphatic heterocycles. The summed E-state index contributed by atoms with van der Waals surface area (Å²) >= 11 is 0. The Balaban J connectivity index is 1.50. The average molecular weight is 342 g/mol. The number of ether oxygens (including phenoxy) is 1. The molecule has 0 atom stereocenters. The van der Waals surface area contributed by atoms with Crippen LogP contribution >= 0.6 is 0 Å². The molecule has 1 heterocycles. The number of halogens is 1. The predicted molar refractivity (Wildman–Crippen MR) is 95.2 cm³/mol. The summed E-state index contributed by atoms with van der Waals surface area (Å²) in [5, 5.41) is 3.01. The van der Waals surface area contributed by atoms with Crippen molar-refractivity contribution in [3.05, 3.63) is 65.5 Å². The molecular formula is C20H23FN2O2. The van der Waals surface area contributed by atoms with E-state index in [1.807, 2.05) is 6.07 Å². The maximum Gasteiger partial charge on any atom is 0.251 e. The second-order valence-electron chi connectivity index (χ2n) is 6.36.